The predicted molar refractivity (Wildman–Crippen MR) is 94.8 cm³/mol. The van der Waals surface area contributed by atoms with E-state index in [1.54, 1.807) is 29.3 Å². The molecule has 1 fully saturated rings. The number of aryl methyl sites for hydroxylation is 1. The minimum absolute atomic E-state index is 0.157. The molecule has 2 atom stereocenters. The van der Waals surface area contributed by atoms with Gasteiger partial charge >= 0.3 is 5.97 Å². The van der Waals surface area contributed by atoms with Crippen LogP contribution in [0.25, 0.3) is 0 Å². The number of rotatable bonds is 5. The van der Waals surface area contributed by atoms with E-state index in [0.717, 1.165) is 11.3 Å². The van der Waals surface area contributed by atoms with Gasteiger partial charge in [-0.2, -0.15) is 0 Å². The standard InChI is InChI=1S/C19H22N2O5/c1-11-12(7-8-20-11)18(22)21-9-14(15(10-21)19(23)24)13-5-4-6-16(25-2)17(13)26-3/h4-8,14-15,20H,9-10H2,1-3H3,(H,23,24)/t14-,15+/m0/s1. The van der Waals surface area contributed by atoms with E-state index in [-0.39, 0.29) is 18.4 Å². The Bertz CT molecular complexity index is 829. The smallest absolute Gasteiger partial charge is 0.308 e. The molecule has 7 heteroatoms. The van der Waals surface area contributed by atoms with Gasteiger partial charge in [-0.1, -0.05) is 12.1 Å². The predicted octanol–water partition coefficient (Wildman–Crippen LogP) is 2.28. The summed E-state index contributed by atoms with van der Waals surface area (Å²) < 4.78 is 10.8. The van der Waals surface area contributed by atoms with Crippen molar-refractivity contribution < 1.29 is 24.2 Å². The number of carbonyl (C=O) groups is 2. The molecule has 0 spiro atoms. The molecule has 0 aliphatic carbocycles. The first kappa shape index (κ1) is 17.8. The second-order valence-electron chi connectivity index (χ2n) is 6.36. The zero-order valence-electron chi connectivity index (χ0n) is 15.0. The summed E-state index contributed by atoms with van der Waals surface area (Å²) in [6.45, 7) is 2.29. The summed E-state index contributed by atoms with van der Waals surface area (Å²) in [5.41, 5.74) is 2.07. The minimum atomic E-state index is -0.930. The highest BCUT2D eigenvalue weighted by Gasteiger charge is 2.42. The third-order valence-electron chi connectivity index (χ3n) is 4.94. The number of carbonyl (C=O) groups excluding carboxylic acids is 1. The fourth-order valence-electron chi connectivity index (χ4n) is 3.59. The Labute approximate surface area is 151 Å². The van der Waals surface area contributed by atoms with Crippen molar-refractivity contribution in [3.05, 3.63) is 47.3 Å². The molecule has 0 radical (unpaired) electrons. The van der Waals surface area contributed by atoms with Crippen molar-refractivity contribution in [2.45, 2.75) is 12.8 Å². The highest BCUT2D eigenvalue weighted by Crippen LogP contribution is 2.42. The van der Waals surface area contributed by atoms with Crippen LogP contribution >= 0.6 is 0 Å². The van der Waals surface area contributed by atoms with Gasteiger partial charge in [-0.25, -0.2) is 0 Å². The lowest BCUT2D eigenvalue weighted by Gasteiger charge is -2.20. The Hall–Kier alpha value is -2.96. The number of carboxylic acid groups (broad SMARTS) is 1. The number of amides is 1. The summed E-state index contributed by atoms with van der Waals surface area (Å²) in [5.74, 6) is -1.13. The van der Waals surface area contributed by atoms with Gasteiger partial charge in [0.05, 0.1) is 25.7 Å². The highest BCUT2D eigenvalue weighted by atomic mass is 16.5. The Morgan fingerprint density at radius 2 is 1.96 bits per heavy atom. The number of nitrogens with one attached hydrogen (secondary N) is 1. The van der Waals surface area contributed by atoms with Crippen molar-refractivity contribution in [3.63, 3.8) is 0 Å². The molecular weight excluding hydrogens is 336 g/mol. The fraction of sp³-hybridized carbons (Fsp3) is 0.368. The summed E-state index contributed by atoms with van der Waals surface area (Å²) in [6, 6.07) is 7.11. The maximum Gasteiger partial charge on any atom is 0.308 e. The van der Waals surface area contributed by atoms with Gasteiger partial charge in [0.2, 0.25) is 0 Å². The normalized spacial score (nSPS) is 19.4. The Kier molecular flexibility index (Phi) is 4.88. The molecule has 2 heterocycles. The van der Waals surface area contributed by atoms with Gasteiger partial charge < -0.3 is 24.5 Å². The number of ether oxygens (including phenoxy) is 2. The van der Waals surface area contributed by atoms with Crippen LogP contribution in [0.15, 0.2) is 30.5 Å². The van der Waals surface area contributed by atoms with Crippen molar-refractivity contribution >= 4 is 11.9 Å². The third kappa shape index (κ3) is 3.00. The van der Waals surface area contributed by atoms with Crippen molar-refractivity contribution in [1.29, 1.82) is 0 Å². The van der Waals surface area contributed by atoms with Crippen LogP contribution in [0.1, 0.15) is 27.5 Å². The molecule has 7 nitrogen and oxygen atoms in total. The summed E-state index contributed by atoms with van der Waals surface area (Å²) in [6.07, 6.45) is 1.70. The number of aliphatic carboxylic acids is 1. The molecule has 1 aromatic heterocycles. The van der Waals surface area contributed by atoms with Gasteiger partial charge in [-0.05, 0) is 19.1 Å². The summed E-state index contributed by atoms with van der Waals surface area (Å²) in [5, 5.41) is 9.70. The molecular formula is C19H22N2O5. The van der Waals surface area contributed by atoms with Crippen LogP contribution in [0, 0.1) is 12.8 Å². The number of hydrogen-bond acceptors (Lipinski definition) is 4. The molecule has 2 N–H and O–H groups in total. The number of para-hydroxylation sites is 1. The number of likely N-dealkylation sites (tertiary alicyclic amines) is 1. The van der Waals surface area contributed by atoms with Crippen LogP contribution in [0.3, 0.4) is 0 Å². The zero-order valence-corrected chi connectivity index (χ0v) is 15.0. The van der Waals surface area contributed by atoms with E-state index in [1.165, 1.54) is 14.2 Å². The first-order chi connectivity index (χ1) is 12.5. The fourth-order valence-corrected chi connectivity index (χ4v) is 3.59. The van der Waals surface area contributed by atoms with Crippen LogP contribution in [0.5, 0.6) is 11.5 Å². The number of H-pyrrole nitrogens is 1. The van der Waals surface area contributed by atoms with Crippen LogP contribution in [-0.2, 0) is 4.79 Å². The van der Waals surface area contributed by atoms with E-state index in [1.807, 2.05) is 13.0 Å². The Balaban J connectivity index is 1.96. The number of carboxylic acids is 1. The zero-order chi connectivity index (χ0) is 18.8. The van der Waals surface area contributed by atoms with Crippen molar-refractivity contribution in [2.75, 3.05) is 27.3 Å². The first-order valence-electron chi connectivity index (χ1n) is 8.34. The number of benzene rings is 1. The third-order valence-corrected chi connectivity index (χ3v) is 4.94. The average molecular weight is 358 g/mol. The van der Waals surface area contributed by atoms with Crippen LogP contribution in [-0.4, -0.2) is 54.2 Å². The summed E-state index contributed by atoms with van der Waals surface area (Å²) in [7, 11) is 3.06. The van der Waals surface area contributed by atoms with E-state index in [9.17, 15) is 14.7 Å². The van der Waals surface area contributed by atoms with Crippen LogP contribution in [0.2, 0.25) is 0 Å². The minimum Gasteiger partial charge on any atom is -0.493 e. The van der Waals surface area contributed by atoms with Gasteiger partial charge in [-0.15, -0.1) is 0 Å². The number of hydrogen-bond donors (Lipinski definition) is 2. The van der Waals surface area contributed by atoms with E-state index >= 15 is 0 Å². The van der Waals surface area contributed by atoms with E-state index in [2.05, 4.69) is 4.98 Å². The maximum absolute atomic E-state index is 12.8. The van der Waals surface area contributed by atoms with E-state index in [0.29, 0.717) is 23.6 Å². The lowest BCUT2D eigenvalue weighted by molar-refractivity contribution is -0.141. The van der Waals surface area contributed by atoms with Crippen molar-refractivity contribution in [2.24, 2.45) is 5.92 Å². The number of aromatic amines is 1. The lowest BCUT2D eigenvalue weighted by Crippen LogP contribution is -2.30. The molecule has 1 saturated heterocycles. The molecule has 1 amide bonds. The topological polar surface area (TPSA) is 91.9 Å². The molecule has 0 bridgehead atoms. The van der Waals surface area contributed by atoms with Crippen molar-refractivity contribution in [3.8, 4) is 11.5 Å². The van der Waals surface area contributed by atoms with Gasteiger partial charge in [0, 0.05) is 36.5 Å². The summed E-state index contributed by atoms with van der Waals surface area (Å²) in [4.78, 5) is 29.2. The lowest BCUT2D eigenvalue weighted by atomic mass is 9.88. The second kappa shape index (κ2) is 7.11. The molecule has 26 heavy (non-hydrogen) atoms. The van der Waals surface area contributed by atoms with Crippen LogP contribution in [0.4, 0.5) is 0 Å². The quantitative estimate of drug-likeness (QED) is 0.855. The Morgan fingerprint density at radius 3 is 2.54 bits per heavy atom. The summed E-state index contributed by atoms with van der Waals surface area (Å²) >= 11 is 0. The average Bonchev–Trinajstić information content (AvgIpc) is 3.26. The van der Waals surface area contributed by atoms with E-state index < -0.39 is 11.9 Å². The number of nitrogens with zero attached hydrogens (tertiary/aromatic N) is 1. The molecule has 138 valence electrons. The molecule has 3 rings (SSSR count). The van der Waals surface area contributed by atoms with Gasteiger partial charge in [-0.3, -0.25) is 9.59 Å². The molecule has 1 aliphatic rings. The highest BCUT2D eigenvalue weighted by molar-refractivity contribution is 5.96. The van der Waals surface area contributed by atoms with E-state index in [4.69, 9.17) is 9.47 Å². The maximum atomic E-state index is 12.8. The van der Waals surface area contributed by atoms with Gasteiger partial charge in [0.25, 0.3) is 5.91 Å². The molecule has 0 unspecified atom stereocenters. The molecule has 1 aromatic carbocycles. The Morgan fingerprint density at radius 1 is 1.19 bits per heavy atom. The number of methoxy groups -OCH3 is 2. The van der Waals surface area contributed by atoms with Crippen molar-refractivity contribution in [1.82, 2.24) is 9.88 Å². The number of aromatic nitrogens is 1. The monoisotopic (exact) mass is 358 g/mol. The van der Waals surface area contributed by atoms with Gasteiger partial charge in [0.1, 0.15) is 0 Å². The molecule has 1 aliphatic heterocycles. The molecule has 2 aromatic rings. The molecule has 0 saturated carbocycles. The first-order valence-corrected chi connectivity index (χ1v) is 8.34. The second-order valence-corrected chi connectivity index (χ2v) is 6.36. The van der Waals surface area contributed by atoms with Gasteiger partial charge in [0.15, 0.2) is 11.5 Å². The van der Waals surface area contributed by atoms with Crippen LogP contribution < -0.4 is 9.47 Å². The largest absolute Gasteiger partial charge is 0.493 e. The SMILES string of the molecule is COc1cccc([C@@H]2CN(C(=O)c3cc[nH]c3C)C[C@H]2C(=O)O)c1OC.